The predicted octanol–water partition coefficient (Wildman–Crippen LogP) is 3.78. The van der Waals surface area contributed by atoms with Crippen LogP contribution in [0.15, 0.2) is 73.1 Å². The number of hydrazine groups is 1. The zero-order chi connectivity index (χ0) is 40.1. The van der Waals surface area contributed by atoms with E-state index >= 15 is 0 Å². The maximum atomic E-state index is 14.5. The molecule has 298 valence electrons. The molecular formula is C41H58N8O6. The van der Waals surface area contributed by atoms with Crippen molar-refractivity contribution in [3.8, 4) is 0 Å². The van der Waals surface area contributed by atoms with E-state index in [1.165, 1.54) is 7.11 Å². The molecular weight excluding hydrogens is 701 g/mol. The van der Waals surface area contributed by atoms with E-state index in [4.69, 9.17) is 4.74 Å². The summed E-state index contributed by atoms with van der Waals surface area (Å²) >= 11 is 0. The van der Waals surface area contributed by atoms with Crippen LogP contribution in [0.3, 0.4) is 0 Å². The molecule has 1 aliphatic heterocycles. The van der Waals surface area contributed by atoms with Gasteiger partial charge in [-0.05, 0) is 60.1 Å². The van der Waals surface area contributed by atoms with Crippen LogP contribution in [0.1, 0.15) is 63.6 Å². The van der Waals surface area contributed by atoms with E-state index in [1.54, 1.807) is 34.4 Å². The topological polar surface area (TPSA) is 178 Å². The van der Waals surface area contributed by atoms with Crippen molar-refractivity contribution in [1.82, 2.24) is 41.3 Å². The highest BCUT2D eigenvalue weighted by molar-refractivity contribution is 5.86. The third-order valence-corrected chi connectivity index (χ3v) is 10.1. The Morgan fingerprint density at radius 2 is 1.73 bits per heavy atom. The summed E-state index contributed by atoms with van der Waals surface area (Å²) in [5.74, 6) is -1.44. The highest BCUT2D eigenvalue weighted by atomic mass is 16.5. The Kier molecular flexibility index (Phi) is 15.5. The second-order valence-corrected chi connectivity index (χ2v) is 15.4. The molecule has 6 atom stereocenters. The van der Waals surface area contributed by atoms with E-state index in [-0.39, 0.29) is 30.9 Å². The molecule has 55 heavy (non-hydrogen) atoms. The van der Waals surface area contributed by atoms with E-state index in [0.717, 1.165) is 22.5 Å². The fourth-order valence-corrected chi connectivity index (χ4v) is 6.90. The van der Waals surface area contributed by atoms with Crippen molar-refractivity contribution in [2.24, 2.45) is 17.3 Å². The smallest absolute Gasteiger partial charge is 0.407 e. The van der Waals surface area contributed by atoms with Crippen molar-refractivity contribution < 1.29 is 29.0 Å². The molecule has 0 bridgehead atoms. The molecule has 0 radical (unpaired) electrons. The van der Waals surface area contributed by atoms with Crippen LogP contribution in [0.25, 0.3) is 0 Å². The Labute approximate surface area is 324 Å². The van der Waals surface area contributed by atoms with E-state index in [9.17, 15) is 24.3 Å². The van der Waals surface area contributed by atoms with Gasteiger partial charge in [-0.2, -0.15) is 0 Å². The number of rotatable bonds is 18. The van der Waals surface area contributed by atoms with Crippen molar-refractivity contribution in [2.75, 3.05) is 26.7 Å². The van der Waals surface area contributed by atoms with E-state index in [0.29, 0.717) is 32.4 Å². The molecule has 1 aliphatic rings. The molecule has 4 rings (SSSR count). The fourth-order valence-electron chi connectivity index (χ4n) is 6.90. The number of aliphatic hydroxyl groups is 1. The summed E-state index contributed by atoms with van der Waals surface area (Å²) in [6.45, 7) is 12.3. The maximum absolute atomic E-state index is 14.5. The van der Waals surface area contributed by atoms with E-state index in [1.807, 2.05) is 90.1 Å². The Balaban J connectivity index is 1.61. The van der Waals surface area contributed by atoms with Crippen LogP contribution in [-0.2, 0) is 33.7 Å². The van der Waals surface area contributed by atoms with E-state index < -0.39 is 47.6 Å². The van der Waals surface area contributed by atoms with Gasteiger partial charge in [0.15, 0.2) is 0 Å². The summed E-state index contributed by atoms with van der Waals surface area (Å²) in [7, 11) is 1.23. The average Bonchev–Trinajstić information content (AvgIpc) is 3.51. The van der Waals surface area contributed by atoms with Gasteiger partial charge in [0.2, 0.25) is 5.91 Å². The molecule has 0 aliphatic carbocycles. The van der Waals surface area contributed by atoms with Gasteiger partial charge >= 0.3 is 12.1 Å². The lowest BCUT2D eigenvalue weighted by molar-refractivity contribution is -0.133. The van der Waals surface area contributed by atoms with Crippen LogP contribution >= 0.6 is 0 Å². The van der Waals surface area contributed by atoms with E-state index in [2.05, 4.69) is 31.3 Å². The highest BCUT2D eigenvalue weighted by Crippen LogP contribution is 2.27. The first-order valence-electron chi connectivity index (χ1n) is 19.0. The van der Waals surface area contributed by atoms with Gasteiger partial charge in [0.25, 0.3) is 5.91 Å². The van der Waals surface area contributed by atoms with Crippen molar-refractivity contribution in [3.63, 3.8) is 0 Å². The minimum absolute atomic E-state index is 0.0754. The molecule has 1 saturated heterocycles. The number of benzene rings is 1. The van der Waals surface area contributed by atoms with Crippen molar-refractivity contribution in [2.45, 2.75) is 91.6 Å². The fraction of sp³-hybridized carbons (Fsp3) is 0.512. The van der Waals surface area contributed by atoms with Gasteiger partial charge in [-0.15, -0.1) is 0 Å². The number of aryl methyl sites for hydroxylation is 1. The first-order chi connectivity index (χ1) is 26.2. The SMILES string of the molecule is CC[C@H](C)[C@H](C(=O)N[C@@H](Cc1ccccc1)[C@@H](O)CN(Cc1ccncc1)NC(=O)[C@@H](NC(=O)OC)C(C)(C)C)C1CNC(=O)N1CCc1cccc(C)n1. The summed E-state index contributed by atoms with van der Waals surface area (Å²) in [5, 5.41) is 22.4. The Bertz CT molecular complexity index is 1710. The number of aromatic nitrogens is 2. The van der Waals surface area contributed by atoms with Crippen molar-refractivity contribution >= 4 is 23.9 Å². The number of carbonyl (C=O) groups excluding carboxylic acids is 4. The second kappa shape index (κ2) is 20.0. The Morgan fingerprint density at radius 1 is 1.02 bits per heavy atom. The Hall–Kier alpha value is -5.08. The summed E-state index contributed by atoms with van der Waals surface area (Å²) in [4.78, 5) is 64.2. The molecule has 3 aromatic rings. The molecule has 1 fully saturated rings. The van der Waals surface area contributed by atoms with Crippen molar-refractivity contribution in [3.05, 3.63) is 95.6 Å². The van der Waals surface area contributed by atoms with Gasteiger partial charge in [0, 0.05) is 56.4 Å². The number of amides is 5. The highest BCUT2D eigenvalue weighted by Gasteiger charge is 2.43. The monoisotopic (exact) mass is 758 g/mol. The molecule has 1 unspecified atom stereocenters. The predicted molar refractivity (Wildman–Crippen MR) is 209 cm³/mol. The number of pyridine rings is 2. The number of hydrogen-bond donors (Lipinski definition) is 5. The number of ether oxygens (including phenoxy) is 1. The molecule has 5 amide bonds. The molecule has 0 spiro atoms. The van der Waals surface area contributed by atoms with Crippen LogP contribution in [-0.4, -0.2) is 99.9 Å². The number of urea groups is 1. The lowest BCUT2D eigenvalue weighted by Gasteiger charge is -2.36. The van der Waals surface area contributed by atoms with Gasteiger partial charge in [0.1, 0.15) is 6.04 Å². The maximum Gasteiger partial charge on any atom is 0.407 e. The van der Waals surface area contributed by atoms with Crippen LogP contribution in [0, 0.1) is 24.2 Å². The van der Waals surface area contributed by atoms with Gasteiger partial charge < -0.3 is 30.7 Å². The average molecular weight is 759 g/mol. The minimum atomic E-state index is -1.17. The van der Waals surface area contributed by atoms with Crippen LogP contribution in [0.5, 0.6) is 0 Å². The number of hydrogen-bond acceptors (Lipinski definition) is 9. The quantitative estimate of drug-likeness (QED) is 0.121. The van der Waals surface area contributed by atoms with Gasteiger partial charge in [-0.3, -0.25) is 25.0 Å². The number of nitrogens with zero attached hydrogens (tertiary/aromatic N) is 4. The number of alkyl carbamates (subject to hydrolysis) is 1. The van der Waals surface area contributed by atoms with Crippen LogP contribution < -0.4 is 21.4 Å². The third kappa shape index (κ3) is 12.5. The number of carbonyl (C=O) groups is 4. The first-order valence-corrected chi connectivity index (χ1v) is 19.0. The molecule has 14 nitrogen and oxygen atoms in total. The summed E-state index contributed by atoms with van der Waals surface area (Å²) in [5.41, 5.74) is 5.71. The number of nitrogens with one attached hydrogen (secondary N) is 4. The Morgan fingerprint density at radius 3 is 2.36 bits per heavy atom. The van der Waals surface area contributed by atoms with Gasteiger partial charge in [-0.1, -0.05) is 77.4 Å². The van der Waals surface area contributed by atoms with Crippen molar-refractivity contribution in [1.29, 1.82) is 0 Å². The van der Waals surface area contributed by atoms with Gasteiger partial charge in [-0.25, -0.2) is 14.6 Å². The summed E-state index contributed by atoms with van der Waals surface area (Å²) < 4.78 is 4.79. The second-order valence-electron chi connectivity index (χ2n) is 15.4. The van der Waals surface area contributed by atoms with Gasteiger partial charge in [0.05, 0.1) is 31.2 Å². The first kappa shape index (κ1) is 42.7. The molecule has 5 N–H and O–H groups in total. The molecule has 0 saturated carbocycles. The number of methoxy groups -OCH3 is 1. The summed E-state index contributed by atoms with van der Waals surface area (Å²) in [6.07, 6.45) is 2.90. The van der Waals surface area contributed by atoms with Crippen LogP contribution in [0.2, 0.25) is 0 Å². The zero-order valence-corrected chi connectivity index (χ0v) is 33.1. The number of aliphatic hydroxyl groups excluding tert-OH is 1. The molecule has 14 heteroatoms. The summed E-state index contributed by atoms with van der Waals surface area (Å²) in [6, 6.07) is 16.6. The normalized spacial score (nSPS) is 17.1. The largest absolute Gasteiger partial charge is 0.453 e. The molecule has 3 heterocycles. The minimum Gasteiger partial charge on any atom is -0.453 e. The molecule has 2 aromatic heterocycles. The standard InChI is InChI=1S/C41H58N8O6/c1-8-27(2)35(33-24-43-39(53)49(33)22-19-31-16-12-13-28(3)44-31)37(51)45-32(23-29-14-10-9-11-15-29)34(50)26-48(25-30-17-20-42-21-18-30)47-38(52)36(41(4,5)6)46-40(54)55-7/h9-18,20-21,27,32-36,50H,8,19,22-26H2,1-7H3,(H,43,53)(H,45,51)(H,46,54)(H,47,52)/t27-,32-,33?,34-,35-,36+/m0/s1. The van der Waals surface area contributed by atoms with Crippen LogP contribution in [0.4, 0.5) is 9.59 Å². The third-order valence-electron chi connectivity index (χ3n) is 10.1. The lowest BCUT2D eigenvalue weighted by atomic mass is 9.83. The zero-order valence-electron chi connectivity index (χ0n) is 33.1. The lowest BCUT2D eigenvalue weighted by Crippen LogP contribution is -2.59. The molecule has 1 aromatic carbocycles.